The molecule has 0 aliphatic carbocycles. The van der Waals surface area contributed by atoms with Gasteiger partial charge < -0.3 is 17.6 Å². The fourth-order valence-corrected chi connectivity index (χ4v) is 3.15. The van der Waals surface area contributed by atoms with E-state index >= 15 is 0 Å². The first-order valence-electron chi connectivity index (χ1n) is 5.18. The zero-order valence-corrected chi connectivity index (χ0v) is 13.7. The number of carboxylic acids is 1. The van der Waals surface area contributed by atoms with Crippen molar-refractivity contribution in [2.45, 2.75) is 31.7 Å². The van der Waals surface area contributed by atoms with Crippen LogP contribution in [0.1, 0.15) is 23.6 Å². The Kier molecular flexibility index (Phi) is 6.99. The molecule has 0 aromatic heterocycles. The first-order valence-corrected chi connectivity index (χ1v) is 6.17. The molecule has 0 aromatic rings. The van der Waals surface area contributed by atoms with Crippen molar-refractivity contribution in [3.8, 4) is 0 Å². The van der Waals surface area contributed by atoms with E-state index in [1.54, 1.807) is 6.92 Å². The van der Waals surface area contributed by atoms with E-state index in [0.717, 1.165) is 16.7 Å². The fraction of sp³-hybridized carbons (Fsp3) is 0.700. The molecular weight excluding hydrogens is 286 g/mol. The van der Waals surface area contributed by atoms with E-state index in [9.17, 15) is 14.4 Å². The molecule has 18 heavy (non-hydrogen) atoms. The molecule has 1 N–H and O–H groups in total. The molecule has 0 spiro atoms. The van der Waals surface area contributed by atoms with E-state index in [4.69, 9.17) is 9.84 Å². The summed E-state index contributed by atoms with van der Waals surface area (Å²) < 4.78 is 4.89. The number of carbonyl (C=O) groups is 3. The monoisotopic (exact) mass is 303 g/mol. The number of esters is 1. The van der Waals surface area contributed by atoms with Crippen LogP contribution in [0, 0.1) is 0 Å². The molecule has 0 saturated carbocycles. The number of amides is 1. The van der Waals surface area contributed by atoms with Crippen molar-refractivity contribution in [2.75, 3.05) is 12.4 Å². The zero-order valence-electron chi connectivity index (χ0n) is 12.6. The van der Waals surface area contributed by atoms with E-state index < -0.39 is 28.8 Å². The summed E-state index contributed by atoms with van der Waals surface area (Å²) in [6.45, 7) is 4.62. The van der Waals surface area contributed by atoms with Crippen LogP contribution in [0.5, 0.6) is 0 Å². The molecule has 8 heteroatoms. The zero-order chi connectivity index (χ0) is 13.2. The molecule has 2 atom stereocenters. The summed E-state index contributed by atoms with van der Waals surface area (Å²) in [6.07, 6.45) is 0. The second kappa shape index (κ2) is 6.98. The Bertz CT molecular complexity index is 374. The third-order valence-electron chi connectivity index (χ3n) is 2.57. The minimum Gasteiger partial charge on any atom is -1.00 e. The van der Waals surface area contributed by atoms with Crippen molar-refractivity contribution in [3.05, 3.63) is 0 Å². The summed E-state index contributed by atoms with van der Waals surface area (Å²) in [5.74, 6) is -1.95. The van der Waals surface area contributed by atoms with Gasteiger partial charge in [-0.2, -0.15) is 0 Å². The number of rotatable bonds is 3. The van der Waals surface area contributed by atoms with Gasteiger partial charge >= 0.3 is 49.7 Å². The fourth-order valence-electron chi connectivity index (χ4n) is 1.81. The molecule has 1 fully saturated rings. The Labute approximate surface area is 142 Å². The second-order valence-corrected chi connectivity index (χ2v) is 5.17. The molecule has 6 nitrogen and oxygen atoms in total. The summed E-state index contributed by atoms with van der Waals surface area (Å²) >= 11 is 1.12. The maximum Gasteiger partial charge on any atom is 2.00 e. The van der Waals surface area contributed by atoms with Crippen molar-refractivity contribution >= 4 is 67.3 Å². The Morgan fingerprint density at radius 3 is 2.50 bits per heavy atom. The van der Waals surface area contributed by atoms with Gasteiger partial charge in [0.15, 0.2) is 4.87 Å². The van der Waals surface area contributed by atoms with Gasteiger partial charge in [-0.25, -0.2) is 9.59 Å². The van der Waals surface area contributed by atoms with E-state index in [0.29, 0.717) is 0 Å². The van der Waals surface area contributed by atoms with Gasteiger partial charge in [0.05, 0.1) is 6.61 Å². The number of carboxylic acid groups (broad SMARTS) is 1. The molecule has 1 heterocycles. The van der Waals surface area contributed by atoms with Crippen LogP contribution in [-0.4, -0.2) is 88.9 Å². The number of hydrogen-bond donors (Lipinski definition) is 1. The second-order valence-electron chi connectivity index (χ2n) is 3.76. The van der Waals surface area contributed by atoms with Crippen molar-refractivity contribution in [3.63, 3.8) is 0 Å². The van der Waals surface area contributed by atoms with Crippen molar-refractivity contribution < 1.29 is 27.1 Å². The van der Waals surface area contributed by atoms with Crippen LogP contribution >= 0.6 is 11.8 Å². The van der Waals surface area contributed by atoms with Crippen LogP contribution in [0.15, 0.2) is 0 Å². The molecule has 0 aromatic carbocycles. The smallest absolute Gasteiger partial charge is 1.00 e. The quantitative estimate of drug-likeness (QED) is 0.590. The summed E-state index contributed by atoms with van der Waals surface area (Å²) in [5.41, 5.74) is 0. The molecule has 1 saturated heterocycles. The van der Waals surface area contributed by atoms with Crippen molar-refractivity contribution in [2.24, 2.45) is 0 Å². The van der Waals surface area contributed by atoms with Gasteiger partial charge in [-0.1, -0.05) is 0 Å². The van der Waals surface area contributed by atoms with Crippen LogP contribution in [0.4, 0.5) is 0 Å². The average molecular weight is 303 g/mol. The van der Waals surface area contributed by atoms with Crippen LogP contribution in [0.3, 0.4) is 0 Å². The molecule has 1 amide bonds. The molecule has 1 aliphatic rings. The topological polar surface area (TPSA) is 83.9 Å². The SMILES string of the molecule is CCOC(=O)C1(C)SCC(C(=O)O)N1C(C)=O.[Ca+2].[H-].[H-]. The van der Waals surface area contributed by atoms with Gasteiger partial charge in [0.2, 0.25) is 5.91 Å². The van der Waals surface area contributed by atoms with Gasteiger partial charge in [0, 0.05) is 12.7 Å². The van der Waals surface area contributed by atoms with E-state index in [-0.39, 0.29) is 53.0 Å². The summed E-state index contributed by atoms with van der Waals surface area (Å²) in [6, 6.07) is -0.980. The predicted molar refractivity (Wildman–Crippen MR) is 69.4 cm³/mol. The molecular formula is C10H17CaNO5S. The minimum atomic E-state index is -1.25. The Hall–Kier alpha value is 0.0197. The van der Waals surface area contributed by atoms with Gasteiger partial charge in [0.25, 0.3) is 0 Å². The molecule has 100 valence electrons. The van der Waals surface area contributed by atoms with Crippen molar-refractivity contribution in [1.82, 2.24) is 4.90 Å². The van der Waals surface area contributed by atoms with Gasteiger partial charge in [-0.15, -0.1) is 11.8 Å². The average Bonchev–Trinajstić information content (AvgIpc) is 2.58. The van der Waals surface area contributed by atoms with E-state index in [1.165, 1.54) is 13.8 Å². The number of aliphatic carboxylic acids is 1. The van der Waals surface area contributed by atoms with Gasteiger partial charge in [-0.3, -0.25) is 4.79 Å². The maximum absolute atomic E-state index is 11.8. The van der Waals surface area contributed by atoms with Crippen LogP contribution in [0.25, 0.3) is 0 Å². The summed E-state index contributed by atoms with van der Waals surface area (Å²) in [4.78, 5) is 34.2. The Morgan fingerprint density at radius 2 is 2.11 bits per heavy atom. The molecule has 2 unspecified atom stereocenters. The largest absolute Gasteiger partial charge is 2.00 e. The Balaban J connectivity index is -0.000000963. The van der Waals surface area contributed by atoms with E-state index in [2.05, 4.69) is 0 Å². The number of thioether (sulfide) groups is 1. The summed E-state index contributed by atoms with van der Waals surface area (Å²) in [7, 11) is 0. The normalized spacial score (nSPS) is 26.4. The van der Waals surface area contributed by atoms with Crippen LogP contribution < -0.4 is 0 Å². The molecule has 0 radical (unpaired) electrons. The first-order chi connectivity index (χ1) is 7.84. The molecule has 0 bridgehead atoms. The van der Waals surface area contributed by atoms with E-state index in [1.807, 2.05) is 0 Å². The van der Waals surface area contributed by atoms with Crippen LogP contribution in [-0.2, 0) is 19.1 Å². The molecule has 1 rings (SSSR count). The van der Waals surface area contributed by atoms with Gasteiger partial charge in [0.1, 0.15) is 6.04 Å². The molecule has 1 aliphatic heterocycles. The third-order valence-corrected chi connectivity index (χ3v) is 3.98. The standard InChI is InChI=1S/C10H15NO5S.Ca.2H/c1-4-16-9(15)10(3)11(6(2)12)7(5-17-10)8(13)14;;;/h7H,4-5H2,1-3H3,(H,13,14);;;/q;+2;2*-1. The minimum absolute atomic E-state index is 0. The Morgan fingerprint density at radius 1 is 1.56 bits per heavy atom. The number of ether oxygens (including phenoxy) is 1. The van der Waals surface area contributed by atoms with Crippen LogP contribution in [0.2, 0.25) is 0 Å². The van der Waals surface area contributed by atoms with Gasteiger partial charge in [-0.05, 0) is 13.8 Å². The number of hydrogen-bond acceptors (Lipinski definition) is 5. The number of carbonyl (C=O) groups excluding carboxylic acids is 2. The summed E-state index contributed by atoms with van der Waals surface area (Å²) in [5, 5.41) is 9.02. The van der Waals surface area contributed by atoms with Crippen molar-refractivity contribution in [1.29, 1.82) is 0 Å². The first kappa shape index (κ1) is 18.0. The predicted octanol–water partition coefficient (Wildman–Crippen LogP) is 0.158. The number of nitrogens with zero attached hydrogens (tertiary/aromatic N) is 1. The third kappa shape index (κ3) is 3.31. The maximum atomic E-state index is 11.8.